The number of aliphatic hydroxyl groups is 1. The van der Waals surface area contributed by atoms with Crippen molar-refractivity contribution < 1.29 is 9.90 Å². The first-order valence-electron chi connectivity index (χ1n) is 7.66. The van der Waals surface area contributed by atoms with E-state index in [2.05, 4.69) is 5.32 Å². The molecule has 0 aromatic heterocycles. The molecule has 0 saturated heterocycles. The molecule has 110 valence electrons. The van der Waals surface area contributed by atoms with E-state index in [9.17, 15) is 9.90 Å². The van der Waals surface area contributed by atoms with Crippen molar-refractivity contribution in [2.75, 3.05) is 6.54 Å². The molecular weight excluding hydrogens is 262 g/mol. The van der Waals surface area contributed by atoms with Crippen molar-refractivity contribution in [2.45, 2.75) is 37.7 Å². The second-order valence-electron chi connectivity index (χ2n) is 5.99. The van der Waals surface area contributed by atoms with Gasteiger partial charge in [-0.25, -0.2) is 0 Å². The van der Waals surface area contributed by atoms with Crippen LogP contribution in [0.2, 0.25) is 0 Å². The molecule has 1 saturated carbocycles. The summed E-state index contributed by atoms with van der Waals surface area (Å²) < 4.78 is 0. The van der Waals surface area contributed by atoms with Gasteiger partial charge in [-0.05, 0) is 29.7 Å². The van der Waals surface area contributed by atoms with Crippen LogP contribution >= 0.6 is 0 Å². The van der Waals surface area contributed by atoms with Gasteiger partial charge >= 0.3 is 0 Å². The number of carbonyl (C=O) groups is 1. The van der Waals surface area contributed by atoms with Gasteiger partial charge in [-0.15, -0.1) is 0 Å². The molecule has 1 fully saturated rings. The predicted octanol–water partition coefficient (Wildman–Crippen LogP) is 3.26. The van der Waals surface area contributed by atoms with E-state index in [1.807, 2.05) is 42.5 Å². The van der Waals surface area contributed by atoms with Gasteiger partial charge in [0.15, 0.2) is 0 Å². The largest absolute Gasteiger partial charge is 0.388 e. The number of carbonyl (C=O) groups excluding carboxylic acids is 1. The summed E-state index contributed by atoms with van der Waals surface area (Å²) in [5.74, 6) is -0.106. The molecule has 0 atom stereocenters. The molecule has 1 aliphatic rings. The Morgan fingerprint density at radius 3 is 2.57 bits per heavy atom. The molecule has 3 nitrogen and oxygen atoms in total. The lowest BCUT2D eigenvalue weighted by Crippen LogP contribution is -2.44. The number of hydrogen-bond donors (Lipinski definition) is 2. The second-order valence-corrected chi connectivity index (χ2v) is 5.99. The Labute approximate surface area is 125 Å². The van der Waals surface area contributed by atoms with Crippen molar-refractivity contribution >= 4 is 16.7 Å². The number of fused-ring (bicyclic) bond motifs is 1. The Morgan fingerprint density at radius 1 is 1.05 bits per heavy atom. The normalized spacial score (nSPS) is 17.6. The molecule has 3 heteroatoms. The summed E-state index contributed by atoms with van der Waals surface area (Å²) >= 11 is 0. The summed E-state index contributed by atoms with van der Waals surface area (Å²) in [6.45, 7) is 0.342. The number of amides is 1. The van der Waals surface area contributed by atoms with Crippen LogP contribution in [0, 0.1) is 0 Å². The number of hydrogen-bond acceptors (Lipinski definition) is 2. The van der Waals surface area contributed by atoms with Crippen LogP contribution in [-0.4, -0.2) is 23.2 Å². The summed E-state index contributed by atoms with van der Waals surface area (Å²) in [7, 11) is 0. The van der Waals surface area contributed by atoms with Crippen molar-refractivity contribution in [1.82, 2.24) is 5.32 Å². The summed E-state index contributed by atoms with van der Waals surface area (Å²) in [6.07, 6.45) is 4.83. The topological polar surface area (TPSA) is 49.3 Å². The molecule has 0 bridgehead atoms. The number of benzene rings is 2. The fourth-order valence-corrected chi connectivity index (χ4v) is 3.15. The van der Waals surface area contributed by atoms with Crippen molar-refractivity contribution in [3.8, 4) is 0 Å². The predicted molar refractivity (Wildman–Crippen MR) is 84.3 cm³/mol. The van der Waals surface area contributed by atoms with Crippen LogP contribution < -0.4 is 5.32 Å². The molecular formula is C18H21NO2. The van der Waals surface area contributed by atoms with Gasteiger partial charge in [0.1, 0.15) is 0 Å². The standard InChI is InChI=1S/C18H21NO2/c20-17(19-13-18(21)11-4-1-5-12-18)16-10-6-8-14-7-2-3-9-15(14)16/h2-3,6-10,21H,1,4-5,11-13H2,(H,19,20). The monoisotopic (exact) mass is 283 g/mol. The molecule has 3 rings (SSSR count). The van der Waals surface area contributed by atoms with Crippen LogP contribution in [0.15, 0.2) is 42.5 Å². The summed E-state index contributed by atoms with van der Waals surface area (Å²) in [5, 5.41) is 15.4. The Hall–Kier alpha value is -1.87. The highest BCUT2D eigenvalue weighted by molar-refractivity contribution is 6.07. The summed E-state index contributed by atoms with van der Waals surface area (Å²) in [4.78, 5) is 12.4. The van der Waals surface area contributed by atoms with Crippen molar-refractivity contribution in [3.63, 3.8) is 0 Å². The van der Waals surface area contributed by atoms with Gasteiger partial charge in [-0.2, -0.15) is 0 Å². The molecule has 2 N–H and O–H groups in total. The number of rotatable bonds is 3. The molecule has 2 aromatic rings. The highest BCUT2D eigenvalue weighted by Gasteiger charge is 2.29. The maximum atomic E-state index is 12.4. The van der Waals surface area contributed by atoms with E-state index in [0.29, 0.717) is 12.1 Å². The van der Waals surface area contributed by atoms with E-state index in [0.717, 1.165) is 36.5 Å². The van der Waals surface area contributed by atoms with E-state index in [1.165, 1.54) is 6.42 Å². The lowest BCUT2D eigenvalue weighted by molar-refractivity contribution is 0.00527. The van der Waals surface area contributed by atoms with Gasteiger partial charge in [0, 0.05) is 12.1 Å². The average Bonchev–Trinajstić information content (AvgIpc) is 2.53. The van der Waals surface area contributed by atoms with Gasteiger partial charge in [0.2, 0.25) is 0 Å². The highest BCUT2D eigenvalue weighted by Crippen LogP contribution is 2.27. The zero-order valence-corrected chi connectivity index (χ0v) is 12.1. The van der Waals surface area contributed by atoms with Gasteiger partial charge in [0.05, 0.1) is 5.60 Å². The molecule has 0 heterocycles. The van der Waals surface area contributed by atoms with Gasteiger partial charge in [-0.3, -0.25) is 4.79 Å². The first-order valence-corrected chi connectivity index (χ1v) is 7.66. The summed E-state index contributed by atoms with van der Waals surface area (Å²) in [5.41, 5.74) is -0.0501. The molecule has 0 unspecified atom stereocenters. The third-order valence-corrected chi connectivity index (χ3v) is 4.40. The van der Waals surface area contributed by atoms with Crippen LogP contribution in [0.25, 0.3) is 10.8 Å². The van der Waals surface area contributed by atoms with Crippen molar-refractivity contribution in [2.24, 2.45) is 0 Å². The van der Waals surface area contributed by atoms with Crippen LogP contribution in [0.5, 0.6) is 0 Å². The van der Waals surface area contributed by atoms with Crippen LogP contribution in [0.4, 0.5) is 0 Å². The second kappa shape index (κ2) is 5.86. The smallest absolute Gasteiger partial charge is 0.252 e. The molecule has 1 amide bonds. The Morgan fingerprint density at radius 2 is 1.76 bits per heavy atom. The minimum atomic E-state index is -0.724. The average molecular weight is 283 g/mol. The molecule has 0 radical (unpaired) electrons. The fourth-order valence-electron chi connectivity index (χ4n) is 3.15. The maximum Gasteiger partial charge on any atom is 0.252 e. The minimum Gasteiger partial charge on any atom is -0.388 e. The molecule has 0 spiro atoms. The fraction of sp³-hybridized carbons (Fsp3) is 0.389. The van der Waals surface area contributed by atoms with Gasteiger partial charge < -0.3 is 10.4 Å². The zero-order chi connectivity index (χ0) is 14.7. The number of nitrogens with one attached hydrogen (secondary N) is 1. The SMILES string of the molecule is O=C(NCC1(O)CCCCC1)c1cccc2ccccc12. The van der Waals surface area contributed by atoms with E-state index >= 15 is 0 Å². The van der Waals surface area contributed by atoms with E-state index in [-0.39, 0.29) is 5.91 Å². The van der Waals surface area contributed by atoms with Crippen LogP contribution in [0.3, 0.4) is 0 Å². The first-order chi connectivity index (χ1) is 10.2. The molecule has 0 aliphatic heterocycles. The van der Waals surface area contributed by atoms with Gasteiger partial charge in [-0.1, -0.05) is 55.7 Å². The van der Waals surface area contributed by atoms with E-state index in [4.69, 9.17) is 0 Å². The minimum absolute atomic E-state index is 0.106. The Bertz CT molecular complexity index is 639. The Kier molecular flexibility index (Phi) is 3.93. The lowest BCUT2D eigenvalue weighted by atomic mass is 9.85. The van der Waals surface area contributed by atoms with Crippen LogP contribution in [0.1, 0.15) is 42.5 Å². The van der Waals surface area contributed by atoms with E-state index in [1.54, 1.807) is 0 Å². The molecule has 21 heavy (non-hydrogen) atoms. The third-order valence-electron chi connectivity index (χ3n) is 4.40. The molecule has 1 aliphatic carbocycles. The van der Waals surface area contributed by atoms with Crippen LogP contribution in [-0.2, 0) is 0 Å². The lowest BCUT2D eigenvalue weighted by Gasteiger charge is -2.32. The van der Waals surface area contributed by atoms with E-state index < -0.39 is 5.60 Å². The quantitative estimate of drug-likeness (QED) is 0.908. The zero-order valence-electron chi connectivity index (χ0n) is 12.1. The van der Waals surface area contributed by atoms with Gasteiger partial charge in [0.25, 0.3) is 5.91 Å². The molecule has 2 aromatic carbocycles. The van der Waals surface area contributed by atoms with Crippen molar-refractivity contribution in [1.29, 1.82) is 0 Å². The maximum absolute atomic E-state index is 12.4. The summed E-state index contributed by atoms with van der Waals surface area (Å²) in [6, 6.07) is 13.6. The Balaban J connectivity index is 1.75. The first kappa shape index (κ1) is 14.1. The van der Waals surface area contributed by atoms with Crippen molar-refractivity contribution in [3.05, 3.63) is 48.0 Å². The highest BCUT2D eigenvalue weighted by atomic mass is 16.3. The third kappa shape index (κ3) is 3.08.